The van der Waals surface area contributed by atoms with Crippen molar-refractivity contribution >= 4 is 33.2 Å². The first kappa shape index (κ1) is 15.9. The van der Waals surface area contributed by atoms with Gasteiger partial charge in [0.25, 0.3) is 10.0 Å². The number of amides is 2. The van der Waals surface area contributed by atoms with Gasteiger partial charge in [-0.2, -0.15) is 4.31 Å². The van der Waals surface area contributed by atoms with E-state index in [1.165, 1.54) is 18.0 Å². The zero-order valence-electron chi connectivity index (χ0n) is 11.8. The number of carbonyl (C=O) groups excluding carboxylic acids is 2. The van der Waals surface area contributed by atoms with Crippen LogP contribution in [-0.2, 0) is 19.6 Å². The lowest BCUT2D eigenvalue weighted by molar-refractivity contribution is -0.142. The fourth-order valence-corrected chi connectivity index (χ4v) is 4.37. The Kier molecular flexibility index (Phi) is 4.64. The van der Waals surface area contributed by atoms with E-state index in [2.05, 4.69) is 5.32 Å². The Labute approximate surface area is 127 Å². The average molecular weight is 331 g/mol. The van der Waals surface area contributed by atoms with Crippen LogP contribution in [0.2, 0.25) is 0 Å². The Morgan fingerprint density at radius 3 is 2.90 bits per heavy atom. The molecule has 2 rings (SSSR count). The van der Waals surface area contributed by atoms with Crippen molar-refractivity contribution in [2.75, 3.05) is 26.7 Å². The van der Waals surface area contributed by atoms with Crippen molar-refractivity contribution < 1.29 is 18.0 Å². The molecule has 116 valence electrons. The molecule has 21 heavy (non-hydrogen) atoms. The van der Waals surface area contributed by atoms with E-state index in [0.29, 0.717) is 13.1 Å². The first-order valence-corrected chi connectivity index (χ1v) is 8.73. The molecule has 1 aromatic rings. The number of sulfonamides is 1. The fourth-order valence-electron chi connectivity index (χ4n) is 2.05. The summed E-state index contributed by atoms with van der Waals surface area (Å²) in [6.07, 6.45) is 0. The number of nitrogens with one attached hydrogen (secondary N) is 1. The normalized spacial score (nSPS) is 19.7. The highest BCUT2D eigenvalue weighted by molar-refractivity contribution is 7.91. The molecule has 0 saturated carbocycles. The van der Waals surface area contributed by atoms with Crippen molar-refractivity contribution in [2.24, 2.45) is 0 Å². The second-order valence-electron chi connectivity index (χ2n) is 4.75. The Morgan fingerprint density at radius 2 is 2.29 bits per heavy atom. The predicted molar refractivity (Wildman–Crippen MR) is 78.3 cm³/mol. The molecule has 1 unspecified atom stereocenters. The molecule has 1 aromatic heterocycles. The summed E-state index contributed by atoms with van der Waals surface area (Å²) in [4.78, 5) is 25.2. The van der Waals surface area contributed by atoms with Gasteiger partial charge in [0.05, 0.1) is 6.54 Å². The molecule has 0 spiro atoms. The maximum atomic E-state index is 12.2. The van der Waals surface area contributed by atoms with Crippen LogP contribution in [0.4, 0.5) is 0 Å². The summed E-state index contributed by atoms with van der Waals surface area (Å²) in [6.45, 7) is 2.12. The van der Waals surface area contributed by atoms with Gasteiger partial charge in [-0.25, -0.2) is 8.42 Å². The first-order chi connectivity index (χ1) is 9.84. The highest BCUT2D eigenvalue weighted by atomic mass is 32.2. The molecule has 0 bridgehead atoms. The van der Waals surface area contributed by atoms with E-state index in [1.807, 2.05) is 0 Å². The molecule has 1 N–H and O–H groups in total. The molecule has 1 saturated heterocycles. The van der Waals surface area contributed by atoms with Crippen molar-refractivity contribution in [3.8, 4) is 0 Å². The highest BCUT2D eigenvalue weighted by Gasteiger charge is 2.32. The Hall–Kier alpha value is -1.45. The van der Waals surface area contributed by atoms with Gasteiger partial charge in [0.2, 0.25) is 11.8 Å². The third kappa shape index (κ3) is 3.25. The van der Waals surface area contributed by atoms with E-state index in [0.717, 1.165) is 15.6 Å². The summed E-state index contributed by atoms with van der Waals surface area (Å²) in [6, 6.07) is 2.56. The van der Waals surface area contributed by atoms with Crippen LogP contribution in [0, 0.1) is 0 Å². The van der Waals surface area contributed by atoms with Crippen LogP contribution in [0.15, 0.2) is 21.7 Å². The van der Waals surface area contributed by atoms with E-state index in [4.69, 9.17) is 0 Å². The standard InChI is InChI=1S/C12H17N3O4S2/c1-9-12(17)13-5-6-15(9)10(16)8-14(2)21(18,19)11-4-3-7-20-11/h3-4,7,9H,5-6,8H2,1-2H3,(H,13,17). The minimum Gasteiger partial charge on any atom is -0.353 e. The number of hydrogen-bond acceptors (Lipinski definition) is 5. The number of likely N-dealkylation sites (N-methyl/N-ethyl adjacent to an activating group) is 1. The van der Waals surface area contributed by atoms with E-state index >= 15 is 0 Å². The average Bonchev–Trinajstić information content (AvgIpc) is 2.96. The van der Waals surface area contributed by atoms with Gasteiger partial charge in [-0.1, -0.05) is 6.07 Å². The Balaban J connectivity index is 2.07. The van der Waals surface area contributed by atoms with Crippen LogP contribution in [0.5, 0.6) is 0 Å². The van der Waals surface area contributed by atoms with Gasteiger partial charge in [-0.05, 0) is 18.4 Å². The van der Waals surface area contributed by atoms with E-state index < -0.39 is 16.1 Å². The predicted octanol–water partition coefficient (Wildman–Crippen LogP) is -0.284. The van der Waals surface area contributed by atoms with Gasteiger partial charge in [0.15, 0.2) is 0 Å². The molecule has 2 heterocycles. The summed E-state index contributed by atoms with van der Waals surface area (Å²) < 4.78 is 25.7. The lowest BCUT2D eigenvalue weighted by atomic mass is 10.2. The molecule has 1 aliphatic heterocycles. The maximum absolute atomic E-state index is 12.2. The number of hydrogen-bond donors (Lipinski definition) is 1. The summed E-state index contributed by atoms with van der Waals surface area (Å²) in [5.74, 6) is -0.599. The van der Waals surface area contributed by atoms with Gasteiger partial charge in [-0.15, -0.1) is 11.3 Å². The Morgan fingerprint density at radius 1 is 1.57 bits per heavy atom. The van der Waals surface area contributed by atoms with Crippen LogP contribution >= 0.6 is 11.3 Å². The number of carbonyl (C=O) groups is 2. The van der Waals surface area contributed by atoms with Gasteiger partial charge < -0.3 is 10.2 Å². The summed E-state index contributed by atoms with van der Waals surface area (Å²) in [7, 11) is -2.29. The van der Waals surface area contributed by atoms with Crippen LogP contribution < -0.4 is 5.32 Å². The SMILES string of the molecule is CC1C(=O)NCCN1C(=O)CN(C)S(=O)(=O)c1cccs1. The molecular formula is C12H17N3O4S2. The number of nitrogens with zero attached hydrogens (tertiary/aromatic N) is 2. The second kappa shape index (κ2) is 6.12. The van der Waals surface area contributed by atoms with E-state index in [-0.39, 0.29) is 22.6 Å². The Bertz CT molecular complexity index is 627. The first-order valence-electron chi connectivity index (χ1n) is 6.41. The quantitative estimate of drug-likeness (QED) is 0.822. The van der Waals surface area contributed by atoms with Gasteiger partial charge in [-0.3, -0.25) is 9.59 Å². The largest absolute Gasteiger partial charge is 0.353 e. The molecule has 0 aliphatic carbocycles. The number of piperazine rings is 1. The fraction of sp³-hybridized carbons (Fsp3) is 0.500. The minimum absolute atomic E-state index is 0.197. The van der Waals surface area contributed by atoms with Gasteiger partial charge >= 0.3 is 0 Å². The molecule has 0 radical (unpaired) electrons. The van der Waals surface area contributed by atoms with E-state index in [9.17, 15) is 18.0 Å². The summed E-state index contributed by atoms with van der Waals surface area (Å²) in [5.41, 5.74) is 0. The molecule has 2 amide bonds. The molecule has 1 fully saturated rings. The van der Waals surface area contributed by atoms with Crippen molar-refractivity contribution in [1.29, 1.82) is 0 Å². The second-order valence-corrected chi connectivity index (χ2v) is 7.97. The van der Waals surface area contributed by atoms with Gasteiger partial charge in [0, 0.05) is 20.1 Å². The lowest BCUT2D eigenvalue weighted by Gasteiger charge is -2.33. The van der Waals surface area contributed by atoms with E-state index in [1.54, 1.807) is 18.4 Å². The third-order valence-corrected chi connectivity index (χ3v) is 6.51. The zero-order chi connectivity index (χ0) is 15.6. The summed E-state index contributed by atoms with van der Waals surface area (Å²) in [5, 5.41) is 4.33. The number of thiophene rings is 1. The molecule has 7 nitrogen and oxygen atoms in total. The highest BCUT2D eigenvalue weighted by Crippen LogP contribution is 2.20. The third-order valence-electron chi connectivity index (χ3n) is 3.34. The maximum Gasteiger partial charge on any atom is 0.252 e. The molecule has 9 heteroatoms. The van der Waals surface area contributed by atoms with Crippen LogP contribution in [0.25, 0.3) is 0 Å². The molecule has 0 aromatic carbocycles. The zero-order valence-corrected chi connectivity index (χ0v) is 13.4. The van der Waals surface area contributed by atoms with Gasteiger partial charge in [0.1, 0.15) is 10.3 Å². The van der Waals surface area contributed by atoms with Crippen LogP contribution in [0.1, 0.15) is 6.92 Å². The van der Waals surface area contributed by atoms with Crippen molar-refractivity contribution in [2.45, 2.75) is 17.2 Å². The topological polar surface area (TPSA) is 86.8 Å². The molecule has 1 aliphatic rings. The van der Waals surface area contributed by atoms with Crippen LogP contribution in [0.3, 0.4) is 0 Å². The number of rotatable bonds is 4. The monoisotopic (exact) mass is 331 g/mol. The molecular weight excluding hydrogens is 314 g/mol. The van der Waals surface area contributed by atoms with Crippen molar-refractivity contribution in [1.82, 2.24) is 14.5 Å². The lowest BCUT2D eigenvalue weighted by Crippen LogP contribution is -2.57. The minimum atomic E-state index is -3.66. The van der Waals surface area contributed by atoms with Crippen molar-refractivity contribution in [3.05, 3.63) is 17.5 Å². The van der Waals surface area contributed by atoms with Crippen LogP contribution in [-0.4, -0.2) is 62.2 Å². The molecule has 1 atom stereocenters. The van der Waals surface area contributed by atoms with Crippen molar-refractivity contribution in [3.63, 3.8) is 0 Å². The summed E-state index contributed by atoms with van der Waals surface area (Å²) >= 11 is 1.10. The smallest absolute Gasteiger partial charge is 0.252 e.